The summed E-state index contributed by atoms with van der Waals surface area (Å²) in [5.74, 6) is 0.366. The Morgan fingerprint density at radius 3 is 2.48 bits per heavy atom. The molecule has 4 nitrogen and oxygen atoms in total. The molecule has 0 aromatic heterocycles. The molecular weight excluding hydrogens is 360 g/mol. The van der Waals surface area contributed by atoms with Crippen LogP contribution in [-0.2, 0) is 11.2 Å². The number of nitrogens with zero attached hydrogens (tertiary/aromatic N) is 1. The smallest absolute Gasteiger partial charge is 0.251 e. The maximum atomic E-state index is 12.4. The maximum absolute atomic E-state index is 12.4. The zero-order valence-electron chi connectivity index (χ0n) is 15.4. The van der Waals surface area contributed by atoms with Crippen molar-refractivity contribution in [2.75, 3.05) is 19.6 Å². The van der Waals surface area contributed by atoms with Crippen LogP contribution in [0.3, 0.4) is 0 Å². The van der Waals surface area contributed by atoms with Crippen molar-refractivity contribution in [3.63, 3.8) is 0 Å². The number of hydrogen-bond donors (Lipinski definition) is 1. The van der Waals surface area contributed by atoms with Gasteiger partial charge in [0.15, 0.2) is 0 Å². The summed E-state index contributed by atoms with van der Waals surface area (Å²) in [6.45, 7) is 1.57. The van der Waals surface area contributed by atoms with E-state index in [1.54, 1.807) is 24.3 Å². The van der Waals surface area contributed by atoms with Gasteiger partial charge in [0.1, 0.15) is 0 Å². The largest absolute Gasteiger partial charge is 0.343 e. The third kappa shape index (κ3) is 5.83. The Hall–Kier alpha value is -2.33. The monoisotopic (exact) mass is 384 g/mol. The molecule has 0 aliphatic carbocycles. The second-order valence-corrected chi connectivity index (χ2v) is 7.48. The van der Waals surface area contributed by atoms with E-state index in [1.165, 1.54) is 5.56 Å². The summed E-state index contributed by atoms with van der Waals surface area (Å²) in [7, 11) is 0. The van der Waals surface area contributed by atoms with Gasteiger partial charge in [-0.25, -0.2) is 0 Å². The van der Waals surface area contributed by atoms with Gasteiger partial charge in [0.05, 0.1) is 6.54 Å². The zero-order valence-corrected chi connectivity index (χ0v) is 16.1. The third-order valence-electron chi connectivity index (χ3n) is 5.14. The molecule has 3 rings (SSSR count). The van der Waals surface area contributed by atoms with E-state index >= 15 is 0 Å². The van der Waals surface area contributed by atoms with Gasteiger partial charge in [-0.15, -0.1) is 0 Å². The fourth-order valence-electron chi connectivity index (χ4n) is 3.49. The number of aryl methyl sites for hydroxylation is 1. The van der Waals surface area contributed by atoms with E-state index in [9.17, 15) is 9.59 Å². The van der Waals surface area contributed by atoms with E-state index in [4.69, 9.17) is 11.6 Å². The molecule has 2 aromatic carbocycles. The van der Waals surface area contributed by atoms with Gasteiger partial charge in [0, 0.05) is 23.7 Å². The zero-order chi connectivity index (χ0) is 19.1. The molecule has 1 N–H and O–H groups in total. The first kappa shape index (κ1) is 19.4. The van der Waals surface area contributed by atoms with Gasteiger partial charge in [-0.2, -0.15) is 0 Å². The standard InChI is InChI=1S/C22H25ClN2O2/c23-20-8-4-7-19(15-20)22(27)24-16-21(26)25-13-11-18(12-14-25)10-9-17-5-2-1-3-6-17/h1-8,15,18H,9-14,16H2,(H,24,27). The van der Waals surface area contributed by atoms with Crippen LogP contribution < -0.4 is 5.32 Å². The maximum Gasteiger partial charge on any atom is 0.251 e. The lowest BCUT2D eigenvalue weighted by atomic mass is 9.90. The summed E-state index contributed by atoms with van der Waals surface area (Å²) in [6.07, 6.45) is 4.31. The van der Waals surface area contributed by atoms with Crippen LogP contribution in [0.1, 0.15) is 35.2 Å². The van der Waals surface area contributed by atoms with E-state index in [2.05, 4.69) is 29.6 Å². The van der Waals surface area contributed by atoms with Crippen LogP contribution in [0.4, 0.5) is 0 Å². The molecular formula is C22H25ClN2O2. The number of piperidine rings is 1. The van der Waals surface area contributed by atoms with Crippen LogP contribution in [0, 0.1) is 5.92 Å². The van der Waals surface area contributed by atoms with Crippen molar-refractivity contribution in [1.82, 2.24) is 10.2 Å². The molecule has 5 heteroatoms. The Morgan fingerprint density at radius 1 is 1.04 bits per heavy atom. The van der Waals surface area contributed by atoms with Crippen LogP contribution in [-0.4, -0.2) is 36.3 Å². The minimum atomic E-state index is -0.274. The normalized spacial score (nSPS) is 14.8. The lowest BCUT2D eigenvalue weighted by molar-refractivity contribution is -0.131. The average molecular weight is 385 g/mol. The van der Waals surface area contributed by atoms with Gasteiger partial charge in [0.2, 0.25) is 5.91 Å². The molecule has 142 valence electrons. The van der Waals surface area contributed by atoms with Crippen LogP contribution in [0.5, 0.6) is 0 Å². The van der Waals surface area contributed by atoms with Gasteiger partial charge in [-0.05, 0) is 55.4 Å². The summed E-state index contributed by atoms with van der Waals surface area (Å²) in [5, 5.41) is 3.20. The Kier molecular flexibility index (Phi) is 6.88. The molecule has 1 aliphatic rings. The topological polar surface area (TPSA) is 49.4 Å². The van der Waals surface area contributed by atoms with E-state index in [0.29, 0.717) is 16.5 Å². The first-order chi connectivity index (χ1) is 13.1. The van der Waals surface area contributed by atoms with E-state index < -0.39 is 0 Å². The van der Waals surface area contributed by atoms with Crippen molar-refractivity contribution >= 4 is 23.4 Å². The van der Waals surface area contributed by atoms with Crippen molar-refractivity contribution in [2.45, 2.75) is 25.7 Å². The predicted octanol–water partition coefficient (Wildman–Crippen LogP) is 3.94. The third-order valence-corrected chi connectivity index (χ3v) is 5.37. The number of benzene rings is 2. The minimum Gasteiger partial charge on any atom is -0.343 e. The molecule has 2 aromatic rings. The van der Waals surface area contributed by atoms with Gasteiger partial charge < -0.3 is 10.2 Å². The highest BCUT2D eigenvalue weighted by Gasteiger charge is 2.22. The molecule has 0 radical (unpaired) electrons. The molecule has 1 saturated heterocycles. The Morgan fingerprint density at radius 2 is 1.78 bits per heavy atom. The fourth-order valence-corrected chi connectivity index (χ4v) is 3.68. The number of halogens is 1. The number of rotatable bonds is 6. The number of likely N-dealkylation sites (tertiary alicyclic amines) is 1. The highest BCUT2D eigenvalue weighted by molar-refractivity contribution is 6.30. The minimum absolute atomic E-state index is 0.0214. The summed E-state index contributed by atoms with van der Waals surface area (Å²) < 4.78 is 0. The van der Waals surface area contributed by atoms with Crippen molar-refractivity contribution in [1.29, 1.82) is 0 Å². The van der Waals surface area contributed by atoms with Crippen LogP contribution in [0.25, 0.3) is 0 Å². The Balaban J connectivity index is 1.38. The number of carbonyl (C=O) groups is 2. The Labute approximate surface area is 165 Å². The van der Waals surface area contributed by atoms with Gasteiger partial charge >= 0.3 is 0 Å². The number of nitrogens with one attached hydrogen (secondary N) is 1. The van der Waals surface area contributed by atoms with Crippen molar-refractivity contribution in [3.05, 3.63) is 70.7 Å². The molecule has 1 aliphatic heterocycles. The predicted molar refractivity (Wildman–Crippen MR) is 108 cm³/mol. The van der Waals surface area contributed by atoms with Crippen LogP contribution in [0.2, 0.25) is 5.02 Å². The molecule has 0 atom stereocenters. The van der Waals surface area contributed by atoms with Gasteiger partial charge in [-0.1, -0.05) is 48.0 Å². The van der Waals surface area contributed by atoms with Gasteiger partial charge in [-0.3, -0.25) is 9.59 Å². The number of amides is 2. The second-order valence-electron chi connectivity index (χ2n) is 7.04. The fraction of sp³-hybridized carbons (Fsp3) is 0.364. The first-order valence-corrected chi connectivity index (χ1v) is 9.85. The molecule has 27 heavy (non-hydrogen) atoms. The number of carbonyl (C=O) groups excluding carboxylic acids is 2. The molecule has 0 saturated carbocycles. The lowest BCUT2D eigenvalue weighted by Gasteiger charge is -2.32. The van der Waals surface area contributed by atoms with Crippen molar-refractivity contribution in [2.24, 2.45) is 5.92 Å². The van der Waals surface area contributed by atoms with Crippen LogP contribution >= 0.6 is 11.6 Å². The summed E-state index contributed by atoms with van der Waals surface area (Å²) >= 11 is 5.90. The highest BCUT2D eigenvalue weighted by atomic mass is 35.5. The van der Waals surface area contributed by atoms with Crippen molar-refractivity contribution in [3.8, 4) is 0 Å². The van der Waals surface area contributed by atoms with E-state index in [1.807, 2.05) is 11.0 Å². The molecule has 2 amide bonds. The highest BCUT2D eigenvalue weighted by Crippen LogP contribution is 2.22. The molecule has 0 bridgehead atoms. The second kappa shape index (κ2) is 9.56. The summed E-state index contributed by atoms with van der Waals surface area (Å²) in [6, 6.07) is 17.2. The van der Waals surface area contributed by atoms with Crippen molar-refractivity contribution < 1.29 is 9.59 Å². The average Bonchev–Trinajstić information content (AvgIpc) is 2.71. The molecule has 0 unspecified atom stereocenters. The first-order valence-electron chi connectivity index (χ1n) is 9.47. The van der Waals surface area contributed by atoms with E-state index in [-0.39, 0.29) is 18.4 Å². The number of hydrogen-bond acceptors (Lipinski definition) is 2. The molecule has 1 fully saturated rings. The SMILES string of the molecule is O=C(NCC(=O)N1CCC(CCc2ccccc2)CC1)c1cccc(Cl)c1. The van der Waals surface area contributed by atoms with Gasteiger partial charge in [0.25, 0.3) is 5.91 Å². The van der Waals surface area contributed by atoms with E-state index in [0.717, 1.165) is 38.8 Å². The molecule has 1 heterocycles. The molecule has 0 spiro atoms. The lowest BCUT2D eigenvalue weighted by Crippen LogP contribution is -2.44. The quantitative estimate of drug-likeness (QED) is 0.820. The summed E-state index contributed by atoms with van der Waals surface area (Å²) in [4.78, 5) is 26.3. The Bertz CT molecular complexity index is 771. The summed E-state index contributed by atoms with van der Waals surface area (Å²) in [5.41, 5.74) is 1.84. The van der Waals surface area contributed by atoms with Crippen LogP contribution in [0.15, 0.2) is 54.6 Å².